The second-order valence-corrected chi connectivity index (χ2v) is 14.1. The van der Waals surface area contributed by atoms with Gasteiger partial charge >= 0.3 is 0 Å². The van der Waals surface area contributed by atoms with Crippen molar-refractivity contribution < 1.29 is 14.3 Å². The molecule has 0 spiro atoms. The molecule has 0 saturated heterocycles. The normalized spacial score (nSPS) is 22.4. The number of benzene rings is 3. The number of allylic oxidation sites excluding steroid dienone is 4. The highest BCUT2D eigenvalue weighted by Crippen LogP contribution is 2.48. The highest BCUT2D eigenvalue weighted by molar-refractivity contribution is 6.30. The summed E-state index contributed by atoms with van der Waals surface area (Å²) in [5.41, 5.74) is 7.28. The average Bonchev–Trinajstić information content (AvgIpc) is 3.08. The van der Waals surface area contributed by atoms with Crippen molar-refractivity contribution in [2.45, 2.75) is 90.3 Å². The molecule has 5 unspecified atom stereocenters. The molecular formula is C42H41ClN4O3. The van der Waals surface area contributed by atoms with Crippen LogP contribution in [0.25, 0.3) is 0 Å². The number of carbonyl (C=O) groups is 1. The monoisotopic (exact) mass is 684 g/mol. The summed E-state index contributed by atoms with van der Waals surface area (Å²) in [6.07, 6.45) is 3.64. The summed E-state index contributed by atoms with van der Waals surface area (Å²) in [4.78, 5) is 23.3. The van der Waals surface area contributed by atoms with Crippen molar-refractivity contribution in [3.05, 3.63) is 117 Å². The van der Waals surface area contributed by atoms with E-state index in [0.717, 1.165) is 39.4 Å². The first-order valence-corrected chi connectivity index (χ1v) is 17.6. The summed E-state index contributed by atoms with van der Waals surface area (Å²) < 4.78 is 13.0. The molecule has 0 fully saturated rings. The minimum atomic E-state index is -0.603. The van der Waals surface area contributed by atoms with Gasteiger partial charge in [0.15, 0.2) is 5.78 Å². The molecule has 3 aromatic carbocycles. The minimum Gasteiger partial charge on any atom is -0.491 e. The fourth-order valence-electron chi connectivity index (χ4n) is 7.62. The van der Waals surface area contributed by atoms with Gasteiger partial charge in [0.1, 0.15) is 11.5 Å². The number of hydrogen-bond donors (Lipinski definition) is 0. The Morgan fingerprint density at radius 2 is 1.68 bits per heavy atom. The van der Waals surface area contributed by atoms with E-state index in [-0.39, 0.29) is 29.8 Å². The molecule has 5 atom stereocenters. The van der Waals surface area contributed by atoms with Crippen molar-refractivity contribution in [1.29, 1.82) is 10.5 Å². The fraction of sp³-hybridized carbons (Fsp3) is 0.357. The van der Waals surface area contributed by atoms with E-state index in [4.69, 9.17) is 26.1 Å². The number of hydrogen-bond acceptors (Lipinski definition) is 7. The largest absolute Gasteiger partial charge is 0.491 e. The van der Waals surface area contributed by atoms with Gasteiger partial charge in [0.2, 0.25) is 0 Å². The van der Waals surface area contributed by atoms with Crippen molar-refractivity contribution in [1.82, 2.24) is 0 Å². The number of rotatable bonds is 9. The van der Waals surface area contributed by atoms with Gasteiger partial charge in [-0.15, -0.1) is 0 Å². The molecule has 0 radical (unpaired) electrons. The van der Waals surface area contributed by atoms with Crippen LogP contribution < -0.4 is 9.47 Å². The maximum absolute atomic E-state index is 14.0. The van der Waals surface area contributed by atoms with Crippen LogP contribution >= 0.6 is 11.6 Å². The van der Waals surface area contributed by atoms with Crippen molar-refractivity contribution in [3.8, 4) is 23.6 Å². The van der Waals surface area contributed by atoms with Gasteiger partial charge < -0.3 is 9.47 Å². The number of Topliss-reactive ketones (excluding diaryl/α,β-unsaturated/α-hetero) is 1. The molecule has 7 nitrogen and oxygen atoms in total. The molecule has 2 heterocycles. The van der Waals surface area contributed by atoms with Gasteiger partial charge in [-0.05, 0) is 88.8 Å². The topological polar surface area (TPSA) is 108 Å². The van der Waals surface area contributed by atoms with Crippen LogP contribution in [0.15, 0.2) is 99.3 Å². The number of halogens is 1. The zero-order valence-electron chi connectivity index (χ0n) is 29.1. The Balaban J connectivity index is 1.33. The molecule has 1 aliphatic carbocycles. The van der Waals surface area contributed by atoms with E-state index in [0.29, 0.717) is 53.3 Å². The van der Waals surface area contributed by atoms with E-state index in [1.165, 1.54) is 0 Å². The summed E-state index contributed by atoms with van der Waals surface area (Å²) in [6.45, 7) is 9.76. The van der Waals surface area contributed by atoms with Crippen LogP contribution in [0.1, 0.15) is 93.9 Å². The first kappa shape index (κ1) is 34.9. The quantitative estimate of drug-likeness (QED) is 0.223. The lowest BCUT2D eigenvalue weighted by Gasteiger charge is -2.36. The first-order chi connectivity index (χ1) is 24.1. The third-order valence-corrected chi connectivity index (χ3v) is 10.1. The summed E-state index contributed by atoms with van der Waals surface area (Å²) in [7, 11) is 0. The van der Waals surface area contributed by atoms with Crippen molar-refractivity contribution >= 4 is 29.3 Å². The Labute approximate surface area is 299 Å². The number of nitriles is 2. The minimum absolute atomic E-state index is 0.00910. The first-order valence-electron chi connectivity index (χ1n) is 17.2. The number of carbonyl (C=O) groups excluding carboxylic acids is 1. The Morgan fingerprint density at radius 1 is 0.940 bits per heavy atom. The molecule has 254 valence electrons. The lowest BCUT2D eigenvalue weighted by molar-refractivity contribution is -0.116. The highest BCUT2D eigenvalue weighted by Gasteiger charge is 2.42. The Hall–Kier alpha value is -4.98. The second-order valence-electron chi connectivity index (χ2n) is 13.7. The van der Waals surface area contributed by atoms with Crippen LogP contribution in [0.2, 0.25) is 5.02 Å². The molecule has 6 rings (SSSR count). The molecule has 0 N–H and O–H groups in total. The van der Waals surface area contributed by atoms with E-state index >= 15 is 0 Å². The SMILES string of the molecule is CC1=NC2=C(C(=O)CC(c3ccc(Cl)cc3)C2)C(c2ccccc2OC(C)Cc2cccc(OC(C)C)c2C2CC=NC(C)=C2C#N)C1C#N. The van der Waals surface area contributed by atoms with E-state index in [9.17, 15) is 15.3 Å². The Morgan fingerprint density at radius 3 is 2.40 bits per heavy atom. The lowest BCUT2D eigenvalue weighted by Crippen LogP contribution is -2.32. The summed E-state index contributed by atoms with van der Waals surface area (Å²) in [5.74, 6) is 0.105. The fourth-order valence-corrected chi connectivity index (χ4v) is 7.75. The predicted molar refractivity (Wildman–Crippen MR) is 197 cm³/mol. The van der Waals surface area contributed by atoms with E-state index in [1.807, 2.05) is 101 Å². The molecule has 0 amide bonds. The molecule has 50 heavy (non-hydrogen) atoms. The maximum atomic E-state index is 14.0. The van der Waals surface area contributed by atoms with Gasteiger partial charge in [-0.25, -0.2) is 0 Å². The number of aliphatic imine (C=N–C) groups is 2. The number of para-hydroxylation sites is 1. The Kier molecular flexibility index (Phi) is 10.4. The summed E-state index contributed by atoms with van der Waals surface area (Å²) in [5, 5.41) is 21.2. The van der Waals surface area contributed by atoms with E-state index in [1.54, 1.807) is 0 Å². The van der Waals surface area contributed by atoms with Gasteiger partial charge in [-0.2, -0.15) is 10.5 Å². The summed E-state index contributed by atoms with van der Waals surface area (Å²) >= 11 is 6.14. The molecule has 3 aromatic rings. The van der Waals surface area contributed by atoms with Gasteiger partial charge in [-0.1, -0.05) is 54.1 Å². The molecule has 8 heteroatoms. The molecule has 0 aromatic heterocycles. The van der Waals surface area contributed by atoms with Crippen LogP contribution in [-0.2, 0) is 11.2 Å². The van der Waals surface area contributed by atoms with Crippen LogP contribution in [0.5, 0.6) is 11.5 Å². The Bertz CT molecular complexity index is 2010. The van der Waals surface area contributed by atoms with Gasteiger partial charge in [0, 0.05) is 64.0 Å². The molecule has 2 aliphatic heterocycles. The van der Waals surface area contributed by atoms with Crippen molar-refractivity contribution in [2.75, 3.05) is 0 Å². The summed E-state index contributed by atoms with van der Waals surface area (Å²) in [6, 6.07) is 26.3. The smallest absolute Gasteiger partial charge is 0.161 e. The third-order valence-electron chi connectivity index (χ3n) is 9.81. The van der Waals surface area contributed by atoms with Gasteiger partial charge in [0.05, 0.1) is 41.5 Å². The highest BCUT2D eigenvalue weighted by atomic mass is 35.5. The second kappa shape index (κ2) is 14.9. The van der Waals surface area contributed by atoms with E-state index in [2.05, 4.69) is 23.2 Å². The number of ether oxygens (including phenoxy) is 2. The van der Waals surface area contributed by atoms with Crippen LogP contribution in [0.4, 0.5) is 0 Å². The number of ketones is 1. The molecule has 3 aliphatic rings. The average molecular weight is 685 g/mol. The molecule has 0 bridgehead atoms. The van der Waals surface area contributed by atoms with Gasteiger partial charge in [0.25, 0.3) is 0 Å². The molecule has 0 saturated carbocycles. The van der Waals surface area contributed by atoms with Crippen molar-refractivity contribution in [3.63, 3.8) is 0 Å². The lowest BCUT2D eigenvalue weighted by atomic mass is 9.69. The number of nitrogens with zero attached hydrogens (tertiary/aromatic N) is 4. The van der Waals surface area contributed by atoms with Crippen molar-refractivity contribution in [2.24, 2.45) is 15.9 Å². The van der Waals surface area contributed by atoms with Crippen LogP contribution in [0.3, 0.4) is 0 Å². The predicted octanol–water partition coefficient (Wildman–Crippen LogP) is 9.59. The third kappa shape index (κ3) is 7.02. The standard InChI is InChI=1S/C42H41ClN4O3/c1-24(2)49-39-12-8-9-29(40(39)32-17-18-46-26(4)34(32)22-44)19-25(3)50-38-11-7-6-10-33(38)41-35(23-45)27(5)47-36-20-30(21-37(48)42(36)41)28-13-15-31(43)16-14-28/h6-16,18,24-25,30,32,35,41H,17,19-21H2,1-5H3. The maximum Gasteiger partial charge on any atom is 0.161 e. The van der Waals surface area contributed by atoms with Crippen LogP contribution in [-0.4, -0.2) is 29.9 Å². The zero-order valence-corrected chi connectivity index (χ0v) is 29.9. The molecular weight excluding hydrogens is 644 g/mol. The zero-order chi connectivity index (χ0) is 35.5. The van der Waals surface area contributed by atoms with Crippen LogP contribution in [0, 0.1) is 28.6 Å². The van der Waals surface area contributed by atoms with E-state index < -0.39 is 11.8 Å². The van der Waals surface area contributed by atoms with Gasteiger partial charge in [-0.3, -0.25) is 14.8 Å².